The summed E-state index contributed by atoms with van der Waals surface area (Å²) in [5, 5.41) is 8.89. The first-order valence-corrected chi connectivity index (χ1v) is 6.43. The van der Waals surface area contributed by atoms with Gasteiger partial charge in [-0.2, -0.15) is 11.8 Å². The molecule has 1 aromatic heterocycles. The number of carbonyl (C=O) groups is 1. The van der Waals surface area contributed by atoms with Gasteiger partial charge in [0.15, 0.2) is 0 Å². The van der Waals surface area contributed by atoms with Gasteiger partial charge in [0.1, 0.15) is 11.9 Å². The third kappa shape index (κ3) is 3.74. The van der Waals surface area contributed by atoms with Gasteiger partial charge < -0.3 is 15.4 Å². The summed E-state index contributed by atoms with van der Waals surface area (Å²) in [4.78, 5) is 15.0. The van der Waals surface area contributed by atoms with Crippen LogP contribution in [0.2, 0.25) is 0 Å². The molecule has 1 aromatic rings. The lowest BCUT2D eigenvalue weighted by molar-refractivity contribution is -0.139. The summed E-state index contributed by atoms with van der Waals surface area (Å²) in [6, 6.07) is -0.851. The van der Waals surface area contributed by atoms with Crippen molar-refractivity contribution in [1.82, 2.24) is 9.55 Å². The number of aromatic nitrogens is 2. The Hall–Kier alpha value is -1.01. The number of hydrogen-bond donors (Lipinski definition) is 2. The third-order valence-corrected chi connectivity index (χ3v) is 4.13. The van der Waals surface area contributed by atoms with Gasteiger partial charge in [0.25, 0.3) is 0 Å². The predicted molar refractivity (Wildman–Crippen MR) is 69.1 cm³/mol. The summed E-state index contributed by atoms with van der Waals surface area (Å²) < 4.78 is 1.57. The molecule has 0 aromatic carbocycles. The van der Waals surface area contributed by atoms with Crippen LogP contribution < -0.4 is 5.73 Å². The van der Waals surface area contributed by atoms with Gasteiger partial charge in [-0.1, -0.05) is 0 Å². The highest BCUT2D eigenvalue weighted by atomic mass is 32.2. The van der Waals surface area contributed by atoms with Crippen molar-refractivity contribution in [2.24, 2.45) is 5.73 Å². The second-order valence-corrected chi connectivity index (χ2v) is 6.18. The fourth-order valence-corrected chi connectivity index (χ4v) is 2.53. The molecule has 0 spiro atoms. The van der Waals surface area contributed by atoms with Crippen molar-refractivity contribution in [2.45, 2.75) is 38.1 Å². The highest BCUT2D eigenvalue weighted by molar-refractivity contribution is 8.00. The fraction of sp³-hybridized carbons (Fsp3) is 0.636. The Bertz CT molecular complexity index is 390. The van der Waals surface area contributed by atoms with E-state index in [0.29, 0.717) is 0 Å². The van der Waals surface area contributed by atoms with Crippen molar-refractivity contribution in [3.8, 4) is 0 Å². The zero-order valence-electron chi connectivity index (χ0n) is 10.4. The van der Waals surface area contributed by atoms with E-state index in [0.717, 1.165) is 18.1 Å². The van der Waals surface area contributed by atoms with Gasteiger partial charge in [-0.25, -0.2) is 4.98 Å². The molecular weight excluding hydrogens is 238 g/mol. The van der Waals surface area contributed by atoms with E-state index in [1.165, 1.54) is 0 Å². The van der Waals surface area contributed by atoms with Crippen molar-refractivity contribution in [2.75, 3.05) is 5.75 Å². The van der Waals surface area contributed by atoms with E-state index in [9.17, 15) is 4.79 Å². The van der Waals surface area contributed by atoms with Crippen LogP contribution >= 0.6 is 11.8 Å². The number of nitrogens with zero attached hydrogens (tertiary/aromatic N) is 2. The highest BCUT2D eigenvalue weighted by Gasteiger charge is 2.32. The van der Waals surface area contributed by atoms with Gasteiger partial charge in [-0.05, 0) is 20.8 Å². The summed E-state index contributed by atoms with van der Waals surface area (Å²) in [7, 11) is 0. The summed E-state index contributed by atoms with van der Waals surface area (Å²) in [6.45, 7) is 6.47. The number of hydrogen-bond acceptors (Lipinski definition) is 4. The first-order chi connectivity index (χ1) is 7.84. The van der Waals surface area contributed by atoms with E-state index in [4.69, 9.17) is 10.8 Å². The topological polar surface area (TPSA) is 81.1 Å². The van der Waals surface area contributed by atoms with Crippen LogP contribution in [0.5, 0.6) is 0 Å². The summed E-state index contributed by atoms with van der Waals surface area (Å²) in [5.41, 5.74) is 5.64. The van der Waals surface area contributed by atoms with Crippen LogP contribution in [0.1, 0.15) is 19.7 Å². The van der Waals surface area contributed by atoms with E-state index < -0.39 is 16.8 Å². The van der Waals surface area contributed by atoms with Gasteiger partial charge in [0.05, 0.1) is 0 Å². The number of rotatable bonds is 6. The molecule has 6 heteroatoms. The average Bonchev–Trinajstić information content (AvgIpc) is 2.63. The predicted octanol–water partition coefficient (Wildman–Crippen LogP) is 1.12. The molecule has 0 aliphatic heterocycles. The van der Waals surface area contributed by atoms with Gasteiger partial charge in [0, 0.05) is 29.4 Å². The number of carboxylic acids is 1. The molecule has 0 saturated carbocycles. The lowest BCUT2D eigenvalue weighted by atomic mass is 10.1. The standard InChI is InChI=1S/C11H19N3O2S/c1-8-13-4-5-14(8)6-7-17-11(2,3)9(12)10(15)16/h4-5,9H,6-7,12H2,1-3H3,(H,15,16)/t9-/m1/s1. The largest absolute Gasteiger partial charge is 0.480 e. The average molecular weight is 257 g/mol. The molecule has 0 amide bonds. The lowest BCUT2D eigenvalue weighted by Gasteiger charge is -2.28. The van der Waals surface area contributed by atoms with Gasteiger partial charge in [-0.15, -0.1) is 0 Å². The summed E-state index contributed by atoms with van der Waals surface area (Å²) in [5.74, 6) is 0.817. The van der Waals surface area contributed by atoms with E-state index in [1.54, 1.807) is 18.0 Å². The Kier molecular flexibility index (Phi) is 4.59. The Morgan fingerprint density at radius 2 is 2.35 bits per heavy atom. The first kappa shape index (κ1) is 14.1. The molecule has 3 N–H and O–H groups in total. The van der Waals surface area contributed by atoms with Crippen LogP contribution in [0, 0.1) is 6.92 Å². The molecule has 96 valence electrons. The van der Waals surface area contributed by atoms with Crippen molar-refractivity contribution in [3.05, 3.63) is 18.2 Å². The van der Waals surface area contributed by atoms with Crippen molar-refractivity contribution in [3.63, 3.8) is 0 Å². The maximum absolute atomic E-state index is 10.8. The van der Waals surface area contributed by atoms with Crippen LogP contribution in [-0.2, 0) is 11.3 Å². The Labute approximate surface area is 105 Å². The molecule has 17 heavy (non-hydrogen) atoms. The van der Waals surface area contributed by atoms with Gasteiger partial charge >= 0.3 is 5.97 Å². The van der Waals surface area contributed by atoms with Crippen LogP contribution in [0.4, 0.5) is 0 Å². The zero-order valence-corrected chi connectivity index (χ0v) is 11.2. The second-order valence-electron chi connectivity index (χ2n) is 4.44. The molecule has 1 rings (SSSR count). The molecule has 0 aliphatic rings. The second kappa shape index (κ2) is 5.55. The molecule has 0 aliphatic carbocycles. The fourth-order valence-electron chi connectivity index (χ4n) is 1.43. The number of thioether (sulfide) groups is 1. The van der Waals surface area contributed by atoms with Crippen LogP contribution in [0.15, 0.2) is 12.4 Å². The summed E-state index contributed by atoms with van der Waals surface area (Å²) >= 11 is 1.57. The maximum atomic E-state index is 10.8. The van der Waals surface area contributed by atoms with Crippen molar-refractivity contribution >= 4 is 17.7 Å². The molecule has 0 bridgehead atoms. The first-order valence-electron chi connectivity index (χ1n) is 5.44. The minimum absolute atomic E-state index is 0.472. The monoisotopic (exact) mass is 257 g/mol. The van der Waals surface area contributed by atoms with E-state index >= 15 is 0 Å². The van der Waals surface area contributed by atoms with Crippen LogP contribution in [0.3, 0.4) is 0 Å². The molecular formula is C11H19N3O2S. The lowest BCUT2D eigenvalue weighted by Crippen LogP contribution is -2.47. The highest BCUT2D eigenvalue weighted by Crippen LogP contribution is 2.27. The van der Waals surface area contributed by atoms with Crippen molar-refractivity contribution in [1.29, 1.82) is 0 Å². The molecule has 0 unspecified atom stereocenters. The molecule has 0 saturated heterocycles. The third-order valence-electron chi connectivity index (χ3n) is 2.74. The number of aryl methyl sites for hydroxylation is 2. The Morgan fingerprint density at radius 1 is 1.71 bits per heavy atom. The Balaban J connectivity index is 2.45. The van der Waals surface area contributed by atoms with Crippen molar-refractivity contribution < 1.29 is 9.90 Å². The van der Waals surface area contributed by atoms with E-state index in [1.807, 2.05) is 31.5 Å². The molecule has 0 radical (unpaired) electrons. The smallest absolute Gasteiger partial charge is 0.321 e. The number of imidazole rings is 1. The summed E-state index contributed by atoms with van der Waals surface area (Å²) in [6.07, 6.45) is 3.67. The van der Waals surface area contributed by atoms with Gasteiger partial charge in [0.2, 0.25) is 0 Å². The molecule has 1 heterocycles. The number of nitrogens with two attached hydrogens (primary N) is 1. The molecule has 0 fully saturated rings. The van der Waals surface area contributed by atoms with E-state index in [-0.39, 0.29) is 0 Å². The molecule has 1 atom stereocenters. The number of aliphatic carboxylic acids is 1. The quantitative estimate of drug-likeness (QED) is 0.798. The van der Waals surface area contributed by atoms with E-state index in [2.05, 4.69) is 4.98 Å². The normalized spacial score (nSPS) is 13.6. The molecule has 5 nitrogen and oxygen atoms in total. The number of carboxylic acid groups (broad SMARTS) is 1. The van der Waals surface area contributed by atoms with Gasteiger partial charge in [-0.3, -0.25) is 4.79 Å². The van der Waals surface area contributed by atoms with Crippen LogP contribution in [-0.4, -0.2) is 37.2 Å². The van der Waals surface area contributed by atoms with Crippen LogP contribution in [0.25, 0.3) is 0 Å². The minimum Gasteiger partial charge on any atom is -0.480 e. The zero-order chi connectivity index (χ0) is 13.1. The minimum atomic E-state index is -0.957. The SMILES string of the molecule is Cc1nccn1CCSC(C)(C)[C@H](N)C(=O)O. The Morgan fingerprint density at radius 3 is 2.82 bits per heavy atom. The maximum Gasteiger partial charge on any atom is 0.321 e.